The third-order valence-electron chi connectivity index (χ3n) is 7.84. The number of fused-ring (bicyclic) bond motifs is 2. The Morgan fingerprint density at radius 1 is 0.628 bits per heavy atom. The molecule has 220 valence electrons. The van der Waals surface area contributed by atoms with Gasteiger partial charge in [0.15, 0.2) is 23.1 Å². The third kappa shape index (κ3) is 4.97. The number of ether oxygens (including phenoxy) is 6. The van der Waals surface area contributed by atoms with Crippen LogP contribution in [-0.4, -0.2) is 45.1 Å². The van der Waals surface area contributed by atoms with E-state index in [-0.39, 0.29) is 35.9 Å². The first-order chi connectivity index (χ1) is 20.8. The topological polar surface area (TPSA) is 110 Å². The van der Waals surface area contributed by atoms with Crippen molar-refractivity contribution in [3.8, 4) is 51.4 Å². The number of hydrogen-bond acceptors (Lipinski definition) is 9. The smallest absolute Gasteiger partial charge is 0.170 e. The maximum Gasteiger partial charge on any atom is 0.170 e. The number of phenolic OH excluding ortho intramolecular Hbond substituents is 1. The van der Waals surface area contributed by atoms with Crippen molar-refractivity contribution in [3.05, 3.63) is 89.0 Å². The molecule has 6 rings (SSSR count). The van der Waals surface area contributed by atoms with E-state index in [1.165, 1.54) is 20.3 Å². The van der Waals surface area contributed by atoms with Crippen LogP contribution in [0.1, 0.15) is 56.9 Å². The van der Waals surface area contributed by atoms with E-state index >= 15 is 0 Å². The number of aromatic hydroxyl groups is 1. The van der Waals surface area contributed by atoms with Crippen molar-refractivity contribution in [3.63, 3.8) is 0 Å². The molecule has 0 amide bonds. The lowest BCUT2D eigenvalue weighted by atomic mass is 9.89. The van der Waals surface area contributed by atoms with Crippen molar-refractivity contribution >= 4 is 11.6 Å². The van der Waals surface area contributed by atoms with Crippen LogP contribution in [0.3, 0.4) is 0 Å². The lowest BCUT2D eigenvalue weighted by Crippen LogP contribution is -2.21. The van der Waals surface area contributed by atoms with Crippen molar-refractivity contribution in [2.45, 2.75) is 25.0 Å². The summed E-state index contributed by atoms with van der Waals surface area (Å²) in [6.45, 7) is 0. The van der Waals surface area contributed by atoms with Gasteiger partial charge in [-0.2, -0.15) is 0 Å². The average molecular weight is 583 g/mol. The van der Waals surface area contributed by atoms with Crippen LogP contribution < -0.4 is 28.4 Å². The van der Waals surface area contributed by atoms with Gasteiger partial charge in [-0.3, -0.25) is 9.59 Å². The maximum absolute atomic E-state index is 13.4. The van der Waals surface area contributed by atoms with Crippen LogP contribution in [0.25, 0.3) is 11.1 Å². The average Bonchev–Trinajstić information content (AvgIpc) is 3.03. The minimum Gasteiger partial charge on any atom is -0.507 e. The Bertz CT molecular complexity index is 1740. The van der Waals surface area contributed by atoms with Gasteiger partial charge in [0.25, 0.3) is 0 Å². The molecule has 0 unspecified atom stereocenters. The zero-order valence-electron chi connectivity index (χ0n) is 24.1. The summed E-state index contributed by atoms with van der Waals surface area (Å²) in [5, 5.41) is 11.2. The first-order valence-corrected chi connectivity index (χ1v) is 13.7. The van der Waals surface area contributed by atoms with Gasteiger partial charge in [-0.1, -0.05) is 12.1 Å². The van der Waals surface area contributed by atoms with Gasteiger partial charge in [0.2, 0.25) is 0 Å². The van der Waals surface area contributed by atoms with Gasteiger partial charge >= 0.3 is 0 Å². The Morgan fingerprint density at radius 2 is 1.26 bits per heavy atom. The standard InChI is InChI=1S/C34H30O9/c1-38-20-7-8-21-25(36)16-29(42-31(21)15-20)18-5-11-27(39-2)23(13-18)33-24(35)10-9-22-26(37)17-30(43-34(22)33)19-6-12-28(40-3)32(14-19)41-4/h5-15,29-30,35H,16-17H2,1-4H3/t29-,30-/m0/s1. The molecule has 0 spiro atoms. The Morgan fingerprint density at radius 3 is 1.95 bits per heavy atom. The van der Waals surface area contributed by atoms with Gasteiger partial charge in [-0.15, -0.1) is 0 Å². The van der Waals surface area contributed by atoms with Crippen molar-refractivity contribution < 1.29 is 43.1 Å². The number of methoxy groups -OCH3 is 4. The van der Waals surface area contributed by atoms with E-state index in [2.05, 4.69) is 0 Å². The van der Waals surface area contributed by atoms with E-state index in [4.69, 9.17) is 28.4 Å². The van der Waals surface area contributed by atoms with Crippen LogP contribution in [0.4, 0.5) is 0 Å². The van der Waals surface area contributed by atoms with Crippen molar-refractivity contribution in [2.75, 3.05) is 28.4 Å². The quantitative estimate of drug-likeness (QED) is 0.261. The number of Topliss-reactive ketones (excluding diaryl/α,β-unsaturated/α-hetero) is 2. The molecule has 2 aliphatic rings. The monoisotopic (exact) mass is 582 g/mol. The third-order valence-corrected chi connectivity index (χ3v) is 7.84. The van der Waals surface area contributed by atoms with E-state index in [0.717, 1.165) is 5.56 Å². The summed E-state index contributed by atoms with van der Waals surface area (Å²) in [5.41, 5.74) is 3.04. The molecule has 2 aliphatic heterocycles. The molecular weight excluding hydrogens is 552 g/mol. The first-order valence-electron chi connectivity index (χ1n) is 13.7. The molecule has 0 bridgehead atoms. The minimum absolute atomic E-state index is 0.0575. The van der Waals surface area contributed by atoms with Gasteiger partial charge in [0.1, 0.15) is 41.0 Å². The molecule has 9 heteroatoms. The largest absolute Gasteiger partial charge is 0.507 e. The summed E-state index contributed by atoms with van der Waals surface area (Å²) in [6, 6.07) is 18.9. The summed E-state index contributed by atoms with van der Waals surface area (Å²) in [7, 11) is 6.16. The molecule has 0 saturated carbocycles. The molecule has 0 radical (unpaired) electrons. The maximum atomic E-state index is 13.4. The van der Waals surface area contributed by atoms with E-state index < -0.39 is 12.2 Å². The highest BCUT2D eigenvalue weighted by Gasteiger charge is 2.34. The minimum atomic E-state index is -0.639. The van der Waals surface area contributed by atoms with Crippen molar-refractivity contribution in [1.29, 1.82) is 0 Å². The summed E-state index contributed by atoms with van der Waals surface area (Å²) in [6.07, 6.45) is -1.01. The molecule has 2 heterocycles. The molecule has 0 saturated heterocycles. The highest BCUT2D eigenvalue weighted by molar-refractivity contribution is 6.04. The summed E-state index contributed by atoms with van der Waals surface area (Å²) < 4.78 is 34.5. The summed E-state index contributed by atoms with van der Waals surface area (Å²) in [5.74, 6) is 2.47. The normalized spacial score (nSPS) is 17.2. The zero-order valence-corrected chi connectivity index (χ0v) is 24.1. The van der Waals surface area contributed by atoms with Crippen molar-refractivity contribution in [1.82, 2.24) is 0 Å². The number of ketones is 2. The predicted molar refractivity (Wildman–Crippen MR) is 157 cm³/mol. The number of carbonyl (C=O) groups excluding carboxylic acids is 2. The molecule has 0 aliphatic carbocycles. The summed E-state index contributed by atoms with van der Waals surface area (Å²) >= 11 is 0. The van der Waals surface area contributed by atoms with E-state index in [0.29, 0.717) is 56.6 Å². The van der Waals surface area contributed by atoms with Gasteiger partial charge in [0.05, 0.1) is 58.0 Å². The highest BCUT2D eigenvalue weighted by atomic mass is 16.5. The van der Waals surface area contributed by atoms with E-state index in [1.807, 2.05) is 12.1 Å². The van der Waals surface area contributed by atoms with E-state index in [9.17, 15) is 14.7 Å². The molecule has 4 aromatic carbocycles. The van der Waals surface area contributed by atoms with Gasteiger partial charge < -0.3 is 33.5 Å². The predicted octanol–water partition coefficient (Wildman–Crippen LogP) is 6.51. The number of carbonyl (C=O) groups is 2. The Labute approximate surface area is 248 Å². The Balaban J connectivity index is 1.42. The fourth-order valence-corrected chi connectivity index (χ4v) is 5.61. The number of phenols is 1. The molecule has 9 nitrogen and oxygen atoms in total. The molecule has 0 aromatic heterocycles. The Hall–Kier alpha value is -5.18. The molecule has 0 fully saturated rings. The number of hydrogen-bond donors (Lipinski definition) is 1. The van der Waals surface area contributed by atoms with Crippen LogP contribution in [0.15, 0.2) is 66.7 Å². The van der Waals surface area contributed by atoms with Gasteiger partial charge in [-0.25, -0.2) is 0 Å². The summed E-state index contributed by atoms with van der Waals surface area (Å²) in [4.78, 5) is 26.4. The fraction of sp³-hybridized carbons (Fsp3) is 0.235. The zero-order chi connectivity index (χ0) is 30.2. The van der Waals surface area contributed by atoms with Crippen LogP contribution in [0, 0.1) is 0 Å². The van der Waals surface area contributed by atoms with Gasteiger partial charge in [-0.05, 0) is 59.7 Å². The lowest BCUT2D eigenvalue weighted by Gasteiger charge is -2.29. The second-order valence-electron chi connectivity index (χ2n) is 10.2. The number of benzene rings is 4. The van der Waals surface area contributed by atoms with Crippen molar-refractivity contribution in [2.24, 2.45) is 0 Å². The second-order valence-corrected chi connectivity index (χ2v) is 10.2. The van der Waals surface area contributed by atoms with E-state index in [1.54, 1.807) is 62.8 Å². The van der Waals surface area contributed by atoms with Crippen LogP contribution >= 0.6 is 0 Å². The molecular formula is C34H30O9. The molecule has 1 N–H and O–H groups in total. The van der Waals surface area contributed by atoms with Crippen LogP contribution in [0.2, 0.25) is 0 Å². The molecule has 2 atom stereocenters. The second kappa shape index (κ2) is 11.2. The highest BCUT2D eigenvalue weighted by Crippen LogP contribution is 2.50. The fourth-order valence-electron chi connectivity index (χ4n) is 5.61. The molecule has 43 heavy (non-hydrogen) atoms. The van der Waals surface area contributed by atoms with Crippen LogP contribution in [-0.2, 0) is 0 Å². The lowest BCUT2D eigenvalue weighted by molar-refractivity contribution is 0.0839. The Kier molecular flexibility index (Phi) is 7.31. The molecule has 4 aromatic rings. The SMILES string of the molecule is COc1ccc2c(c1)O[C@H](c1ccc(OC)c(-c3c(O)ccc4c3O[C@H](c3ccc(OC)c(OC)c3)CC4=O)c1)CC2=O. The first kappa shape index (κ1) is 28.0. The van der Waals surface area contributed by atoms with Crippen LogP contribution in [0.5, 0.6) is 40.2 Å². The van der Waals surface area contributed by atoms with Gasteiger partial charge in [0, 0.05) is 11.6 Å². The number of rotatable bonds is 7.